The van der Waals surface area contributed by atoms with Crippen LogP contribution in [0.15, 0.2) is 33.7 Å². The van der Waals surface area contributed by atoms with Crippen LogP contribution in [-0.2, 0) is 25.4 Å². The van der Waals surface area contributed by atoms with E-state index in [4.69, 9.17) is 28.2 Å². The van der Waals surface area contributed by atoms with Crippen molar-refractivity contribution in [1.29, 1.82) is 0 Å². The SMILES string of the molecule is COC(=O)C1CCCN1Cc1cc2nc(C3=C(C)C(B4OC(C)(C)C(C)(C)O4)=CCC3)oc2cc1OC(F)F. The molecule has 0 spiro atoms. The number of rotatable bonds is 7. The fourth-order valence-electron chi connectivity index (χ4n) is 5.49. The maximum atomic E-state index is 13.3. The fourth-order valence-corrected chi connectivity index (χ4v) is 5.49. The minimum Gasteiger partial charge on any atom is -0.468 e. The summed E-state index contributed by atoms with van der Waals surface area (Å²) in [4.78, 5) is 18.9. The number of esters is 1. The summed E-state index contributed by atoms with van der Waals surface area (Å²) in [6.07, 6.45) is 5.07. The summed E-state index contributed by atoms with van der Waals surface area (Å²) in [5.41, 5.74) is 3.29. The first-order valence-electron chi connectivity index (χ1n) is 13.4. The van der Waals surface area contributed by atoms with Gasteiger partial charge in [-0.1, -0.05) is 6.08 Å². The van der Waals surface area contributed by atoms with E-state index < -0.39 is 31.0 Å². The van der Waals surface area contributed by atoms with Crippen molar-refractivity contribution < 1.29 is 36.8 Å². The third-order valence-corrected chi connectivity index (χ3v) is 8.41. The smallest absolute Gasteiger partial charge is 0.468 e. The Hall–Kier alpha value is -2.76. The van der Waals surface area contributed by atoms with Crippen LogP contribution in [0.3, 0.4) is 0 Å². The van der Waals surface area contributed by atoms with E-state index in [2.05, 4.69) is 6.08 Å². The summed E-state index contributed by atoms with van der Waals surface area (Å²) < 4.78 is 55.1. The second kappa shape index (κ2) is 10.3. The molecule has 0 amide bonds. The predicted octanol–water partition coefficient (Wildman–Crippen LogP) is 5.69. The van der Waals surface area contributed by atoms with Crippen LogP contribution in [0.25, 0.3) is 16.7 Å². The normalized spacial score (nSPS) is 23.2. The lowest BCUT2D eigenvalue weighted by atomic mass is 9.70. The number of benzene rings is 1. The molecule has 1 aromatic carbocycles. The maximum Gasteiger partial charge on any atom is 0.494 e. The van der Waals surface area contributed by atoms with Gasteiger partial charge in [-0.05, 0) is 84.0 Å². The number of likely N-dealkylation sites (tertiary alicyclic amines) is 1. The molecule has 2 saturated heterocycles. The van der Waals surface area contributed by atoms with Gasteiger partial charge in [-0.2, -0.15) is 8.78 Å². The summed E-state index contributed by atoms with van der Waals surface area (Å²) in [5, 5.41) is 0. The van der Waals surface area contributed by atoms with Gasteiger partial charge in [0, 0.05) is 23.7 Å². The molecule has 2 aromatic rings. The highest BCUT2D eigenvalue weighted by Gasteiger charge is 2.53. The van der Waals surface area contributed by atoms with Gasteiger partial charge in [-0.3, -0.25) is 9.69 Å². The molecule has 1 aromatic heterocycles. The lowest BCUT2D eigenvalue weighted by molar-refractivity contribution is -0.146. The topological polar surface area (TPSA) is 83.3 Å². The molecular weight excluding hydrogens is 509 g/mol. The van der Waals surface area contributed by atoms with Crippen LogP contribution >= 0.6 is 0 Å². The average Bonchev–Trinajstić information content (AvgIpc) is 3.54. The van der Waals surface area contributed by atoms with Crippen LogP contribution in [0.2, 0.25) is 0 Å². The molecule has 1 atom stereocenters. The molecule has 0 saturated carbocycles. The van der Waals surface area contributed by atoms with Crippen molar-refractivity contribution >= 4 is 29.8 Å². The average molecular weight is 544 g/mol. The minimum absolute atomic E-state index is 0.00265. The zero-order valence-corrected chi connectivity index (χ0v) is 23.3. The first-order valence-corrected chi connectivity index (χ1v) is 13.4. The van der Waals surface area contributed by atoms with Crippen molar-refractivity contribution in [3.05, 3.63) is 40.7 Å². The largest absolute Gasteiger partial charge is 0.494 e. The highest BCUT2D eigenvalue weighted by atomic mass is 19.3. The van der Waals surface area contributed by atoms with E-state index in [-0.39, 0.29) is 18.3 Å². The van der Waals surface area contributed by atoms with Gasteiger partial charge < -0.3 is 23.2 Å². The second-order valence-electron chi connectivity index (χ2n) is 11.4. The highest BCUT2D eigenvalue weighted by molar-refractivity contribution is 6.56. The van der Waals surface area contributed by atoms with Crippen molar-refractivity contribution in [2.75, 3.05) is 13.7 Å². The number of fused-ring (bicyclic) bond motifs is 1. The van der Waals surface area contributed by atoms with Gasteiger partial charge in [-0.25, -0.2) is 4.98 Å². The predicted molar refractivity (Wildman–Crippen MR) is 142 cm³/mol. The minimum atomic E-state index is -3.01. The molecule has 8 nitrogen and oxygen atoms in total. The van der Waals surface area contributed by atoms with E-state index in [0.717, 1.165) is 29.5 Å². The number of hydrogen-bond acceptors (Lipinski definition) is 8. The monoisotopic (exact) mass is 544 g/mol. The summed E-state index contributed by atoms with van der Waals surface area (Å²) in [7, 11) is 0.845. The lowest BCUT2D eigenvalue weighted by Crippen LogP contribution is -2.41. The van der Waals surface area contributed by atoms with Gasteiger partial charge in [0.1, 0.15) is 17.3 Å². The Balaban J connectivity index is 1.47. The number of oxazole rings is 1. The number of aromatic nitrogens is 1. The van der Waals surface area contributed by atoms with Gasteiger partial charge >= 0.3 is 19.7 Å². The zero-order valence-electron chi connectivity index (χ0n) is 23.3. The lowest BCUT2D eigenvalue weighted by Gasteiger charge is -2.32. The molecule has 3 aliphatic rings. The van der Waals surface area contributed by atoms with E-state index in [0.29, 0.717) is 41.9 Å². The molecule has 5 rings (SSSR count). The standard InChI is InChI=1S/C28H35BF2N2O6/c1-16-18(9-7-10-19(16)29-38-27(2,3)28(4,5)39-29)24-32-20-13-17(22(37-26(30)31)14-23(20)36-24)15-33-12-8-11-21(33)25(34)35-6/h10,13-14,21,26H,7-9,11-12,15H2,1-6H3. The molecule has 3 heterocycles. The van der Waals surface area contributed by atoms with Gasteiger partial charge in [0.2, 0.25) is 5.89 Å². The van der Waals surface area contributed by atoms with Crippen LogP contribution in [0, 0.1) is 0 Å². The van der Waals surface area contributed by atoms with Gasteiger partial charge in [0.25, 0.3) is 0 Å². The first kappa shape index (κ1) is 27.8. The maximum absolute atomic E-state index is 13.3. The molecule has 2 aliphatic heterocycles. The Morgan fingerprint density at radius 2 is 1.95 bits per heavy atom. The van der Waals surface area contributed by atoms with Crippen molar-refractivity contribution in [3.63, 3.8) is 0 Å². The summed E-state index contributed by atoms with van der Waals surface area (Å²) in [6.45, 7) is 7.96. The van der Waals surface area contributed by atoms with Gasteiger partial charge in [-0.15, -0.1) is 0 Å². The number of carbonyl (C=O) groups is 1. The van der Waals surface area contributed by atoms with Gasteiger partial charge in [0.05, 0.1) is 18.3 Å². The zero-order chi connectivity index (χ0) is 28.1. The van der Waals surface area contributed by atoms with Crippen LogP contribution in [0.5, 0.6) is 5.75 Å². The van der Waals surface area contributed by atoms with E-state index in [9.17, 15) is 13.6 Å². The van der Waals surface area contributed by atoms with Crippen molar-refractivity contribution in [1.82, 2.24) is 9.88 Å². The quantitative estimate of drug-likeness (QED) is 0.325. The molecule has 11 heteroatoms. The number of nitrogens with zero attached hydrogens (tertiary/aromatic N) is 2. The molecule has 210 valence electrons. The molecule has 1 aliphatic carbocycles. The molecule has 0 N–H and O–H groups in total. The van der Waals surface area contributed by atoms with Crippen molar-refractivity contribution in [2.24, 2.45) is 0 Å². The highest BCUT2D eigenvalue weighted by Crippen LogP contribution is 2.43. The fraction of sp³-hybridized carbons (Fsp3) is 0.571. The third-order valence-electron chi connectivity index (χ3n) is 8.41. The first-order chi connectivity index (χ1) is 18.4. The number of carbonyl (C=O) groups excluding carboxylic acids is 1. The Morgan fingerprint density at radius 1 is 1.23 bits per heavy atom. The molecular formula is C28H35BF2N2O6. The van der Waals surface area contributed by atoms with E-state index >= 15 is 0 Å². The van der Waals surface area contributed by atoms with E-state index in [1.165, 1.54) is 13.2 Å². The Morgan fingerprint density at radius 3 is 2.62 bits per heavy atom. The molecule has 0 bridgehead atoms. The molecule has 2 fully saturated rings. The number of allylic oxidation sites excluding steroid dienone is 4. The van der Waals surface area contributed by atoms with Crippen LogP contribution in [0.4, 0.5) is 8.78 Å². The Kier molecular flexibility index (Phi) is 7.37. The van der Waals surface area contributed by atoms with Crippen molar-refractivity contribution in [2.45, 2.75) is 90.7 Å². The molecule has 1 unspecified atom stereocenters. The number of ether oxygens (including phenoxy) is 2. The van der Waals surface area contributed by atoms with Crippen LogP contribution in [-0.4, -0.2) is 60.5 Å². The summed E-state index contributed by atoms with van der Waals surface area (Å²) in [6, 6.07) is 2.74. The van der Waals surface area contributed by atoms with Crippen molar-refractivity contribution in [3.8, 4) is 5.75 Å². The Bertz CT molecular complexity index is 1320. The number of alkyl halides is 2. The molecule has 0 radical (unpaired) electrons. The Labute approximate surface area is 227 Å². The number of halogens is 2. The third kappa shape index (κ3) is 5.24. The van der Waals surface area contributed by atoms with Crippen LogP contribution in [0.1, 0.15) is 71.8 Å². The molecule has 39 heavy (non-hydrogen) atoms. The van der Waals surface area contributed by atoms with Gasteiger partial charge in [0.15, 0.2) is 5.58 Å². The summed E-state index contributed by atoms with van der Waals surface area (Å²) in [5.74, 6) is 0.0976. The van der Waals surface area contributed by atoms with E-state index in [1.54, 1.807) is 6.07 Å². The van der Waals surface area contributed by atoms with E-state index in [1.807, 2.05) is 39.5 Å². The number of methoxy groups -OCH3 is 1. The second-order valence-corrected chi connectivity index (χ2v) is 11.4. The number of hydrogen-bond donors (Lipinski definition) is 0. The summed E-state index contributed by atoms with van der Waals surface area (Å²) >= 11 is 0. The van der Waals surface area contributed by atoms with Crippen LogP contribution < -0.4 is 4.74 Å².